The van der Waals surface area contributed by atoms with Gasteiger partial charge in [-0.05, 0) is 30.7 Å². The molecule has 0 unspecified atom stereocenters. The first kappa shape index (κ1) is 20.1. The Morgan fingerprint density at radius 1 is 1.04 bits per heavy atom. The van der Waals surface area contributed by atoms with Crippen molar-refractivity contribution in [2.75, 3.05) is 61.3 Å². The number of amides is 1. The van der Waals surface area contributed by atoms with E-state index in [-0.39, 0.29) is 17.4 Å². The molecular weight excluding hydrogens is 390 g/mol. The average Bonchev–Trinajstić information content (AvgIpc) is 2.98. The second-order valence-corrected chi connectivity index (χ2v) is 11.3. The summed E-state index contributed by atoms with van der Waals surface area (Å²) in [5, 5.41) is 0. The van der Waals surface area contributed by atoms with Crippen molar-refractivity contribution in [3.05, 3.63) is 29.8 Å². The van der Waals surface area contributed by atoms with Gasteiger partial charge in [-0.2, -0.15) is 0 Å². The van der Waals surface area contributed by atoms with Crippen LogP contribution in [0.1, 0.15) is 16.8 Å². The number of carbonyl (C=O) groups is 1. The molecule has 0 spiro atoms. The highest BCUT2D eigenvalue weighted by molar-refractivity contribution is 7.93. The van der Waals surface area contributed by atoms with Crippen molar-refractivity contribution in [1.82, 2.24) is 9.80 Å². The molecule has 8 nitrogen and oxygen atoms in total. The van der Waals surface area contributed by atoms with E-state index in [9.17, 15) is 21.6 Å². The fourth-order valence-electron chi connectivity index (χ4n) is 3.35. The van der Waals surface area contributed by atoms with Crippen LogP contribution < -0.4 is 4.31 Å². The number of hydrogen-bond donors (Lipinski definition) is 0. The molecule has 0 saturated carbocycles. The summed E-state index contributed by atoms with van der Waals surface area (Å²) >= 11 is 0. The Morgan fingerprint density at radius 3 is 2.19 bits per heavy atom. The maximum absolute atomic E-state index is 12.7. The van der Waals surface area contributed by atoms with Gasteiger partial charge in [0.15, 0.2) is 0 Å². The number of hydrogen-bond acceptors (Lipinski definition) is 6. The molecule has 10 heteroatoms. The molecule has 2 aliphatic heterocycles. The lowest BCUT2D eigenvalue weighted by Gasteiger charge is -2.34. The predicted molar refractivity (Wildman–Crippen MR) is 104 cm³/mol. The van der Waals surface area contributed by atoms with Gasteiger partial charge in [0.25, 0.3) is 5.91 Å². The molecule has 3 rings (SSSR count). The van der Waals surface area contributed by atoms with E-state index in [4.69, 9.17) is 0 Å². The van der Waals surface area contributed by atoms with Crippen LogP contribution in [0.3, 0.4) is 0 Å². The first-order valence-electron chi connectivity index (χ1n) is 8.95. The molecule has 0 radical (unpaired) electrons. The Morgan fingerprint density at radius 2 is 1.67 bits per heavy atom. The van der Waals surface area contributed by atoms with Crippen LogP contribution in [0.5, 0.6) is 0 Å². The van der Waals surface area contributed by atoms with Gasteiger partial charge in [-0.25, -0.2) is 16.8 Å². The molecule has 0 bridgehead atoms. The van der Waals surface area contributed by atoms with Crippen LogP contribution in [0.2, 0.25) is 0 Å². The molecule has 150 valence electrons. The van der Waals surface area contributed by atoms with Crippen molar-refractivity contribution < 1.29 is 21.6 Å². The topological polar surface area (TPSA) is 95.1 Å². The third-order valence-corrected chi connectivity index (χ3v) is 7.73. The highest BCUT2D eigenvalue weighted by Gasteiger charge is 2.29. The SMILES string of the molecule is CS(=O)(=O)CCN1CCN(C(=O)c2ccc(N3CCCS3(=O)=O)cc2)CC1. The van der Waals surface area contributed by atoms with Crippen LogP contribution in [0.15, 0.2) is 24.3 Å². The smallest absolute Gasteiger partial charge is 0.253 e. The second-order valence-electron chi connectivity index (χ2n) is 7.05. The predicted octanol–water partition coefficient (Wildman–Crippen LogP) is 0.0289. The summed E-state index contributed by atoms with van der Waals surface area (Å²) in [5.41, 5.74) is 1.12. The van der Waals surface area contributed by atoms with Crippen LogP contribution in [-0.2, 0) is 19.9 Å². The highest BCUT2D eigenvalue weighted by atomic mass is 32.2. The van der Waals surface area contributed by atoms with Gasteiger partial charge in [0.1, 0.15) is 9.84 Å². The molecule has 2 fully saturated rings. The third-order valence-electron chi connectivity index (χ3n) is 4.94. The zero-order chi connectivity index (χ0) is 19.7. The third kappa shape index (κ3) is 4.99. The summed E-state index contributed by atoms with van der Waals surface area (Å²) in [6.07, 6.45) is 1.84. The molecule has 2 saturated heterocycles. The fourth-order valence-corrected chi connectivity index (χ4v) is 5.51. The standard InChI is InChI=1S/C17H25N3O5S2/c1-26(22,23)14-12-18-8-10-19(11-9-18)17(21)15-3-5-16(6-4-15)20-7-2-13-27(20,24)25/h3-6H,2,7-14H2,1H3. The zero-order valence-electron chi connectivity index (χ0n) is 15.4. The van der Waals surface area contributed by atoms with Crippen molar-refractivity contribution >= 4 is 31.5 Å². The van der Waals surface area contributed by atoms with Gasteiger partial charge in [0.05, 0.1) is 17.2 Å². The molecule has 1 aromatic rings. The summed E-state index contributed by atoms with van der Waals surface area (Å²) in [4.78, 5) is 16.5. The van der Waals surface area contributed by atoms with Crippen LogP contribution in [-0.4, -0.2) is 89.6 Å². The summed E-state index contributed by atoms with van der Waals surface area (Å²) in [6.45, 7) is 3.34. The number of anilines is 1. The quantitative estimate of drug-likeness (QED) is 0.673. The molecule has 2 aliphatic rings. The fraction of sp³-hybridized carbons (Fsp3) is 0.588. The lowest BCUT2D eigenvalue weighted by atomic mass is 10.1. The van der Waals surface area contributed by atoms with Gasteiger partial charge in [0.2, 0.25) is 10.0 Å². The molecule has 0 atom stereocenters. The lowest BCUT2D eigenvalue weighted by molar-refractivity contribution is 0.0644. The van der Waals surface area contributed by atoms with Gasteiger partial charge in [-0.3, -0.25) is 14.0 Å². The first-order chi connectivity index (χ1) is 12.7. The molecular formula is C17H25N3O5S2. The number of carbonyl (C=O) groups excluding carboxylic acids is 1. The first-order valence-corrected chi connectivity index (χ1v) is 12.6. The molecule has 1 amide bonds. The molecule has 27 heavy (non-hydrogen) atoms. The summed E-state index contributed by atoms with van der Waals surface area (Å²) in [7, 11) is -6.21. The Bertz CT molecular complexity index is 889. The minimum Gasteiger partial charge on any atom is -0.336 e. The number of piperazine rings is 1. The number of sulfonamides is 1. The summed E-state index contributed by atoms with van der Waals surface area (Å²) < 4.78 is 47.9. The average molecular weight is 416 g/mol. The van der Waals surface area contributed by atoms with Crippen molar-refractivity contribution in [2.24, 2.45) is 0 Å². The van der Waals surface area contributed by atoms with Gasteiger partial charge < -0.3 is 4.90 Å². The van der Waals surface area contributed by atoms with Crippen LogP contribution >= 0.6 is 0 Å². The van der Waals surface area contributed by atoms with E-state index in [0.29, 0.717) is 56.9 Å². The van der Waals surface area contributed by atoms with Crippen molar-refractivity contribution in [1.29, 1.82) is 0 Å². The van der Waals surface area contributed by atoms with Crippen LogP contribution in [0, 0.1) is 0 Å². The summed E-state index contributed by atoms with van der Waals surface area (Å²) in [5.74, 6) is 0.202. The van der Waals surface area contributed by atoms with Gasteiger partial charge in [-0.15, -0.1) is 0 Å². The lowest BCUT2D eigenvalue weighted by Crippen LogP contribution is -2.49. The number of sulfone groups is 1. The van der Waals surface area contributed by atoms with E-state index in [2.05, 4.69) is 0 Å². The normalized spacial score (nSPS) is 20.8. The van der Waals surface area contributed by atoms with E-state index in [1.807, 2.05) is 4.90 Å². The Hall–Kier alpha value is -1.65. The van der Waals surface area contributed by atoms with Crippen LogP contribution in [0.25, 0.3) is 0 Å². The second kappa shape index (κ2) is 7.76. The van der Waals surface area contributed by atoms with E-state index in [1.54, 1.807) is 29.2 Å². The molecule has 2 heterocycles. The summed E-state index contributed by atoms with van der Waals surface area (Å²) in [6, 6.07) is 6.69. The van der Waals surface area contributed by atoms with E-state index in [1.165, 1.54) is 10.6 Å². The molecule has 0 aromatic heterocycles. The number of benzene rings is 1. The molecule has 1 aromatic carbocycles. The maximum Gasteiger partial charge on any atom is 0.253 e. The van der Waals surface area contributed by atoms with Crippen LogP contribution in [0.4, 0.5) is 5.69 Å². The van der Waals surface area contributed by atoms with Crippen molar-refractivity contribution in [2.45, 2.75) is 6.42 Å². The van der Waals surface area contributed by atoms with Gasteiger partial charge in [-0.1, -0.05) is 0 Å². The molecule has 0 aliphatic carbocycles. The van der Waals surface area contributed by atoms with E-state index >= 15 is 0 Å². The van der Waals surface area contributed by atoms with Crippen molar-refractivity contribution in [3.63, 3.8) is 0 Å². The minimum atomic E-state index is -3.23. The largest absolute Gasteiger partial charge is 0.336 e. The van der Waals surface area contributed by atoms with Gasteiger partial charge in [0, 0.05) is 51.1 Å². The molecule has 0 N–H and O–H groups in total. The van der Waals surface area contributed by atoms with E-state index in [0.717, 1.165) is 0 Å². The zero-order valence-corrected chi connectivity index (χ0v) is 17.0. The Labute approximate surface area is 160 Å². The minimum absolute atomic E-state index is 0.0893. The van der Waals surface area contributed by atoms with Gasteiger partial charge >= 0.3 is 0 Å². The maximum atomic E-state index is 12.7. The van der Waals surface area contributed by atoms with E-state index < -0.39 is 19.9 Å². The number of nitrogens with zero attached hydrogens (tertiary/aromatic N) is 3. The monoisotopic (exact) mass is 415 g/mol. The Kier molecular flexibility index (Phi) is 5.78. The Balaban J connectivity index is 1.57. The highest BCUT2D eigenvalue weighted by Crippen LogP contribution is 2.24. The van der Waals surface area contributed by atoms with Crippen molar-refractivity contribution in [3.8, 4) is 0 Å². The number of rotatable bonds is 5.